The number of nitrogens with one attached hydrogen (secondary N) is 1. The van der Waals surface area contributed by atoms with Crippen LogP contribution in [0.1, 0.15) is 44.4 Å². The fraction of sp³-hybridized carbons (Fsp3) is 0.333. The molecule has 0 fully saturated rings. The van der Waals surface area contributed by atoms with Crippen LogP contribution in [0.5, 0.6) is 5.75 Å². The van der Waals surface area contributed by atoms with E-state index in [0.29, 0.717) is 29.6 Å². The van der Waals surface area contributed by atoms with Crippen molar-refractivity contribution in [1.82, 2.24) is 9.97 Å². The van der Waals surface area contributed by atoms with Gasteiger partial charge in [0.15, 0.2) is 0 Å². The van der Waals surface area contributed by atoms with Gasteiger partial charge in [-0.1, -0.05) is 31.5 Å². The van der Waals surface area contributed by atoms with Gasteiger partial charge in [0.2, 0.25) is 0 Å². The van der Waals surface area contributed by atoms with Gasteiger partial charge in [0.1, 0.15) is 23.0 Å². The second kappa shape index (κ2) is 9.43. The summed E-state index contributed by atoms with van der Waals surface area (Å²) in [5.74, 6) is -0.0837. The maximum atomic E-state index is 13.0. The first-order chi connectivity index (χ1) is 12.3. The number of aromatic nitrogens is 2. The number of hydrogen-bond acceptors (Lipinski definition) is 4. The summed E-state index contributed by atoms with van der Waals surface area (Å²) in [5, 5.41) is 12.8. The van der Waals surface area contributed by atoms with Crippen molar-refractivity contribution in [1.29, 1.82) is 0 Å². The first-order valence-corrected chi connectivity index (χ1v) is 8.48. The molecular formula is C18H21ClF3N3O. The molecule has 2 aromatic rings. The number of anilines is 1. The topological polar surface area (TPSA) is 58.0 Å². The molecule has 0 unspecified atom stereocenters. The van der Waals surface area contributed by atoms with Crippen molar-refractivity contribution in [3.05, 3.63) is 52.4 Å². The summed E-state index contributed by atoms with van der Waals surface area (Å²) < 4.78 is 39.0. The number of rotatable bonds is 4. The molecule has 1 aromatic carbocycles. The van der Waals surface area contributed by atoms with E-state index < -0.39 is 17.5 Å². The zero-order valence-corrected chi connectivity index (χ0v) is 15.7. The van der Waals surface area contributed by atoms with Crippen molar-refractivity contribution in [2.24, 2.45) is 0 Å². The van der Waals surface area contributed by atoms with Crippen molar-refractivity contribution in [2.45, 2.75) is 33.9 Å². The van der Waals surface area contributed by atoms with Crippen LogP contribution in [0.3, 0.4) is 0 Å². The van der Waals surface area contributed by atoms with Crippen molar-refractivity contribution >= 4 is 23.0 Å². The highest BCUT2D eigenvalue weighted by Gasteiger charge is 2.32. The largest absolute Gasteiger partial charge is 0.508 e. The Labute approximate surface area is 155 Å². The summed E-state index contributed by atoms with van der Waals surface area (Å²) >= 11 is 6.14. The van der Waals surface area contributed by atoms with Crippen LogP contribution >= 0.6 is 11.6 Å². The zero-order valence-electron chi connectivity index (χ0n) is 14.9. The van der Waals surface area contributed by atoms with Crippen LogP contribution in [-0.4, -0.2) is 21.6 Å². The first-order valence-electron chi connectivity index (χ1n) is 8.10. The second-order valence-corrected chi connectivity index (χ2v) is 5.25. The Bertz CT molecular complexity index is 777. The molecule has 0 atom stereocenters. The van der Waals surface area contributed by atoms with E-state index in [1.807, 2.05) is 20.8 Å². The Morgan fingerprint density at radius 3 is 2.42 bits per heavy atom. The molecule has 0 amide bonds. The van der Waals surface area contributed by atoms with Gasteiger partial charge < -0.3 is 10.4 Å². The molecule has 2 N–H and O–H groups in total. The van der Waals surface area contributed by atoms with Gasteiger partial charge in [-0.2, -0.15) is 13.2 Å². The van der Waals surface area contributed by atoms with Crippen LogP contribution in [0.15, 0.2) is 30.6 Å². The van der Waals surface area contributed by atoms with E-state index >= 15 is 0 Å². The fourth-order valence-electron chi connectivity index (χ4n) is 2.29. The van der Waals surface area contributed by atoms with Crippen LogP contribution in [0.2, 0.25) is 5.15 Å². The number of halogens is 4. The molecule has 1 heterocycles. The highest BCUT2D eigenvalue weighted by molar-refractivity contribution is 6.31. The van der Waals surface area contributed by atoms with Crippen LogP contribution < -0.4 is 5.32 Å². The number of alkyl halides is 3. The molecule has 0 saturated carbocycles. The van der Waals surface area contributed by atoms with Crippen molar-refractivity contribution in [3.63, 3.8) is 0 Å². The number of nitrogens with zero attached hydrogens (tertiary/aromatic N) is 2. The molecule has 0 aliphatic rings. The Balaban J connectivity index is 0.00000163. The monoisotopic (exact) mass is 387 g/mol. The summed E-state index contributed by atoms with van der Waals surface area (Å²) in [6.07, 6.45) is -1.71. The standard InChI is InChI=1S/C16H15ClF3N3O.C2H6/c1-3-12(13-14(17)22-8-23-15(13)21-4-2)9-5-10(16(18,19)20)7-11(24)6-9;1-2/h3,5-8,24H,4H2,1-2H3,(H,21,22,23);1-2H3/b12-3-;. The maximum Gasteiger partial charge on any atom is 0.416 e. The zero-order chi connectivity index (χ0) is 19.9. The van der Waals surface area contributed by atoms with E-state index in [9.17, 15) is 18.3 Å². The third-order valence-corrected chi connectivity index (χ3v) is 3.55. The lowest BCUT2D eigenvalue weighted by molar-refractivity contribution is -0.137. The van der Waals surface area contributed by atoms with Gasteiger partial charge in [-0.3, -0.25) is 0 Å². The smallest absolute Gasteiger partial charge is 0.416 e. The highest BCUT2D eigenvalue weighted by atomic mass is 35.5. The van der Waals surface area contributed by atoms with Gasteiger partial charge >= 0.3 is 6.18 Å². The molecule has 0 bridgehead atoms. The van der Waals surface area contributed by atoms with Crippen molar-refractivity contribution < 1.29 is 18.3 Å². The van der Waals surface area contributed by atoms with Crippen LogP contribution in [0.4, 0.5) is 19.0 Å². The minimum atomic E-state index is -4.58. The third kappa shape index (κ3) is 5.11. The van der Waals surface area contributed by atoms with Gasteiger partial charge in [-0.15, -0.1) is 0 Å². The summed E-state index contributed by atoms with van der Waals surface area (Å²) in [6.45, 7) is 8.06. The van der Waals surface area contributed by atoms with Crippen LogP contribution in [0.25, 0.3) is 5.57 Å². The lowest BCUT2D eigenvalue weighted by Crippen LogP contribution is -2.07. The number of phenolic OH excluding ortho intramolecular Hbond substituents is 1. The highest BCUT2D eigenvalue weighted by Crippen LogP contribution is 2.38. The number of aromatic hydroxyl groups is 1. The molecule has 0 aliphatic carbocycles. The quantitative estimate of drug-likeness (QED) is 0.654. The number of phenols is 1. The van der Waals surface area contributed by atoms with E-state index in [-0.39, 0.29) is 10.7 Å². The number of hydrogen-bond donors (Lipinski definition) is 2. The Morgan fingerprint density at radius 1 is 1.23 bits per heavy atom. The summed E-state index contributed by atoms with van der Waals surface area (Å²) in [5.41, 5.74) is -0.0179. The van der Waals surface area contributed by atoms with Gasteiger partial charge in [-0.05, 0) is 43.2 Å². The summed E-state index contributed by atoms with van der Waals surface area (Å²) in [4.78, 5) is 7.98. The Hall–Kier alpha value is -2.28. The van der Waals surface area contributed by atoms with E-state index in [1.54, 1.807) is 13.0 Å². The third-order valence-electron chi connectivity index (χ3n) is 3.26. The average Bonchev–Trinajstić information content (AvgIpc) is 2.59. The maximum absolute atomic E-state index is 13.0. The molecular weight excluding hydrogens is 367 g/mol. The average molecular weight is 388 g/mol. The lowest BCUT2D eigenvalue weighted by atomic mass is 9.96. The predicted molar refractivity (Wildman–Crippen MR) is 98.4 cm³/mol. The number of allylic oxidation sites excluding steroid dienone is 1. The second-order valence-electron chi connectivity index (χ2n) is 4.89. The lowest BCUT2D eigenvalue weighted by Gasteiger charge is -2.16. The number of benzene rings is 1. The first kappa shape index (κ1) is 21.8. The molecule has 0 saturated heterocycles. The molecule has 2 rings (SSSR count). The van der Waals surface area contributed by atoms with Gasteiger partial charge in [0.25, 0.3) is 0 Å². The van der Waals surface area contributed by atoms with Crippen LogP contribution in [-0.2, 0) is 6.18 Å². The fourth-order valence-corrected chi connectivity index (χ4v) is 2.52. The molecule has 142 valence electrons. The minimum absolute atomic E-state index is 0.103. The van der Waals surface area contributed by atoms with Crippen molar-refractivity contribution in [2.75, 3.05) is 11.9 Å². The van der Waals surface area contributed by atoms with E-state index in [1.165, 1.54) is 12.4 Å². The molecule has 4 nitrogen and oxygen atoms in total. The summed E-state index contributed by atoms with van der Waals surface area (Å²) in [6, 6.07) is 2.86. The van der Waals surface area contributed by atoms with Crippen LogP contribution in [0, 0.1) is 0 Å². The van der Waals surface area contributed by atoms with E-state index in [4.69, 9.17) is 11.6 Å². The van der Waals surface area contributed by atoms with Gasteiger partial charge in [0, 0.05) is 6.54 Å². The van der Waals surface area contributed by atoms with Crippen molar-refractivity contribution in [3.8, 4) is 5.75 Å². The molecule has 8 heteroatoms. The predicted octanol–water partition coefficient (Wildman–Crippen LogP) is 5.76. The summed E-state index contributed by atoms with van der Waals surface area (Å²) in [7, 11) is 0. The SMILES string of the molecule is C/C=C(/c1cc(O)cc(C(F)(F)F)c1)c1c(Cl)ncnc1NCC.CC. The molecule has 1 aromatic heterocycles. The van der Waals surface area contributed by atoms with E-state index in [0.717, 1.165) is 6.07 Å². The van der Waals surface area contributed by atoms with E-state index in [2.05, 4.69) is 15.3 Å². The Morgan fingerprint density at radius 2 is 1.88 bits per heavy atom. The molecule has 26 heavy (non-hydrogen) atoms. The molecule has 0 spiro atoms. The van der Waals surface area contributed by atoms with Gasteiger partial charge in [0.05, 0.1) is 11.1 Å². The normalized spacial score (nSPS) is 11.6. The minimum Gasteiger partial charge on any atom is -0.508 e. The Kier molecular flexibility index (Phi) is 7.89. The molecule has 0 aliphatic heterocycles. The molecule has 0 radical (unpaired) electrons. The van der Waals surface area contributed by atoms with Gasteiger partial charge in [-0.25, -0.2) is 9.97 Å².